The van der Waals surface area contributed by atoms with Crippen LogP contribution in [0.3, 0.4) is 0 Å². The number of amides is 1. The molecule has 6 nitrogen and oxygen atoms in total. The van der Waals surface area contributed by atoms with Crippen LogP contribution in [0.2, 0.25) is 0 Å². The number of aromatic nitrogens is 2. The summed E-state index contributed by atoms with van der Waals surface area (Å²) in [7, 11) is 0. The predicted octanol–water partition coefficient (Wildman–Crippen LogP) is 0.920. The first-order valence-electron chi connectivity index (χ1n) is 7.07. The maximum atomic E-state index is 12.0. The fraction of sp³-hybridized carbons (Fsp3) is 0.571. The summed E-state index contributed by atoms with van der Waals surface area (Å²) in [5.74, 6) is -0.0434. The number of ether oxygens (including phenoxy) is 1. The number of hydrogen-bond acceptors (Lipinski definition) is 4. The van der Waals surface area contributed by atoms with Gasteiger partial charge in [-0.05, 0) is 25.3 Å². The average Bonchev–Trinajstić information content (AvgIpc) is 2.99. The van der Waals surface area contributed by atoms with Crippen LogP contribution in [0.15, 0.2) is 23.5 Å². The van der Waals surface area contributed by atoms with Gasteiger partial charge in [-0.15, -0.1) is 0 Å². The van der Waals surface area contributed by atoms with Gasteiger partial charge >= 0.3 is 0 Å². The van der Waals surface area contributed by atoms with Gasteiger partial charge < -0.3 is 15.4 Å². The second-order valence-corrected chi connectivity index (χ2v) is 5.37. The van der Waals surface area contributed by atoms with E-state index in [0.29, 0.717) is 0 Å². The van der Waals surface area contributed by atoms with Crippen molar-refractivity contribution in [2.24, 2.45) is 0 Å². The molecule has 2 aliphatic rings. The summed E-state index contributed by atoms with van der Waals surface area (Å²) in [6.07, 6.45) is 6.00. The number of carbonyl (C=O) groups excluding carboxylic acids is 1. The summed E-state index contributed by atoms with van der Waals surface area (Å²) >= 11 is 0. The molecule has 1 atom stereocenters. The molecule has 2 aliphatic heterocycles. The van der Waals surface area contributed by atoms with Crippen molar-refractivity contribution in [1.29, 1.82) is 0 Å². The monoisotopic (exact) mass is 276 g/mol. The third-order valence-electron chi connectivity index (χ3n) is 3.85. The summed E-state index contributed by atoms with van der Waals surface area (Å²) in [5.41, 5.74) is 2.71. The molecule has 2 saturated heterocycles. The van der Waals surface area contributed by atoms with Crippen molar-refractivity contribution in [3.05, 3.63) is 23.5 Å². The molecule has 2 N–H and O–H groups in total. The molecule has 1 aromatic heterocycles. The summed E-state index contributed by atoms with van der Waals surface area (Å²) in [5, 5.41) is 10.3. The van der Waals surface area contributed by atoms with Gasteiger partial charge in [0.2, 0.25) is 0 Å². The van der Waals surface area contributed by atoms with E-state index >= 15 is 0 Å². The van der Waals surface area contributed by atoms with Gasteiger partial charge in [-0.2, -0.15) is 5.10 Å². The van der Waals surface area contributed by atoms with Crippen LogP contribution in [0.1, 0.15) is 19.8 Å². The topological polar surface area (TPSA) is 68.2 Å². The lowest BCUT2D eigenvalue weighted by atomic mass is 10.0. The fourth-order valence-corrected chi connectivity index (χ4v) is 2.43. The molecule has 0 spiro atoms. The van der Waals surface area contributed by atoms with E-state index in [1.807, 2.05) is 17.8 Å². The van der Waals surface area contributed by atoms with E-state index in [-0.39, 0.29) is 12.0 Å². The molecule has 0 aromatic carbocycles. The molecule has 20 heavy (non-hydrogen) atoms. The number of hydrogen-bond donors (Lipinski definition) is 2. The van der Waals surface area contributed by atoms with Gasteiger partial charge in [0.05, 0.1) is 24.5 Å². The van der Waals surface area contributed by atoms with E-state index in [9.17, 15) is 4.79 Å². The molecule has 2 fully saturated rings. The Bertz CT molecular complexity index is 523. The van der Waals surface area contributed by atoms with Crippen molar-refractivity contribution in [3.8, 4) is 0 Å². The number of nitrogens with one attached hydrogen (secondary N) is 2. The Morgan fingerprint density at radius 2 is 2.45 bits per heavy atom. The van der Waals surface area contributed by atoms with Crippen molar-refractivity contribution >= 4 is 11.6 Å². The third kappa shape index (κ3) is 2.91. The maximum Gasteiger partial charge on any atom is 0.251 e. The zero-order valence-electron chi connectivity index (χ0n) is 11.7. The summed E-state index contributed by atoms with van der Waals surface area (Å²) in [6, 6.07) is 0. The lowest BCUT2D eigenvalue weighted by molar-refractivity contribution is -0.112. The van der Waals surface area contributed by atoms with E-state index in [4.69, 9.17) is 4.74 Å². The quantitative estimate of drug-likeness (QED) is 0.803. The Labute approximate surface area is 118 Å². The summed E-state index contributed by atoms with van der Waals surface area (Å²) in [6.45, 7) is 5.09. The Morgan fingerprint density at radius 3 is 3.10 bits per heavy atom. The molecule has 3 rings (SSSR count). The first-order valence-corrected chi connectivity index (χ1v) is 7.07. The Morgan fingerprint density at radius 1 is 1.60 bits per heavy atom. The fourth-order valence-electron chi connectivity index (χ4n) is 2.43. The van der Waals surface area contributed by atoms with E-state index in [1.165, 1.54) is 5.57 Å². The standard InChI is InChI=1S/C14H20N4O2/c1-10(11-5-15-6-11)14(19)17-12-7-16-18(8-12)9-13-3-2-4-20-13/h7-8,13,15H,2-6,9H2,1H3,(H,17,19). The zero-order valence-corrected chi connectivity index (χ0v) is 11.7. The molecule has 1 aromatic rings. The molecule has 3 heterocycles. The van der Waals surface area contributed by atoms with E-state index < -0.39 is 0 Å². The first-order chi connectivity index (χ1) is 9.72. The second kappa shape index (κ2) is 5.76. The molecule has 1 unspecified atom stereocenters. The number of anilines is 1. The highest BCUT2D eigenvalue weighted by molar-refractivity contribution is 6.03. The van der Waals surface area contributed by atoms with Crippen LogP contribution < -0.4 is 10.6 Å². The van der Waals surface area contributed by atoms with E-state index in [1.54, 1.807) is 6.20 Å². The minimum atomic E-state index is -0.0434. The number of nitrogens with zero attached hydrogens (tertiary/aromatic N) is 2. The SMILES string of the molecule is CC(C(=O)Nc1cnn(CC2CCCO2)c1)=C1CNC1. The van der Waals surface area contributed by atoms with Crippen LogP contribution in [0.4, 0.5) is 5.69 Å². The largest absolute Gasteiger partial charge is 0.376 e. The molecule has 6 heteroatoms. The van der Waals surface area contributed by atoms with Crippen LogP contribution in [-0.4, -0.2) is 41.5 Å². The van der Waals surface area contributed by atoms with E-state index in [2.05, 4.69) is 15.7 Å². The zero-order chi connectivity index (χ0) is 13.9. The summed E-state index contributed by atoms with van der Waals surface area (Å²) in [4.78, 5) is 12.0. The third-order valence-corrected chi connectivity index (χ3v) is 3.85. The van der Waals surface area contributed by atoms with Gasteiger partial charge in [0, 0.05) is 31.5 Å². The minimum Gasteiger partial charge on any atom is -0.376 e. The lowest BCUT2D eigenvalue weighted by Crippen LogP contribution is -2.36. The lowest BCUT2D eigenvalue weighted by Gasteiger charge is -2.21. The molecule has 0 aliphatic carbocycles. The van der Waals surface area contributed by atoms with E-state index in [0.717, 1.165) is 50.3 Å². The van der Waals surface area contributed by atoms with Gasteiger partial charge in [-0.1, -0.05) is 0 Å². The Hall–Kier alpha value is -1.66. The molecule has 0 saturated carbocycles. The van der Waals surface area contributed by atoms with Crippen LogP contribution >= 0.6 is 0 Å². The van der Waals surface area contributed by atoms with Gasteiger partial charge in [0.25, 0.3) is 5.91 Å². The highest BCUT2D eigenvalue weighted by Gasteiger charge is 2.18. The maximum absolute atomic E-state index is 12.0. The first kappa shape index (κ1) is 13.3. The minimum absolute atomic E-state index is 0.0434. The van der Waals surface area contributed by atoms with Crippen LogP contribution in [0.25, 0.3) is 0 Å². The van der Waals surface area contributed by atoms with Crippen molar-refractivity contribution in [1.82, 2.24) is 15.1 Å². The molecule has 1 amide bonds. The van der Waals surface area contributed by atoms with Gasteiger partial charge in [-0.25, -0.2) is 0 Å². The Kier molecular flexibility index (Phi) is 3.84. The smallest absolute Gasteiger partial charge is 0.251 e. The molecule has 0 bridgehead atoms. The van der Waals surface area contributed by atoms with Crippen LogP contribution in [-0.2, 0) is 16.1 Å². The van der Waals surface area contributed by atoms with Gasteiger partial charge in [0.15, 0.2) is 0 Å². The normalized spacial score (nSPS) is 21.6. The molecule has 0 radical (unpaired) electrons. The molecule has 108 valence electrons. The number of carbonyl (C=O) groups is 1. The molecular weight excluding hydrogens is 256 g/mol. The molecular formula is C14H20N4O2. The van der Waals surface area contributed by atoms with Crippen molar-refractivity contribution < 1.29 is 9.53 Å². The highest BCUT2D eigenvalue weighted by Crippen LogP contribution is 2.16. The van der Waals surface area contributed by atoms with Crippen LogP contribution in [0.5, 0.6) is 0 Å². The highest BCUT2D eigenvalue weighted by atomic mass is 16.5. The van der Waals surface area contributed by atoms with Crippen molar-refractivity contribution in [2.45, 2.75) is 32.4 Å². The average molecular weight is 276 g/mol. The van der Waals surface area contributed by atoms with Crippen LogP contribution in [0, 0.1) is 0 Å². The van der Waals surface area contributed by atoms with Crippen molar-refractivity contribution in [2.75, 3.05) is 25.0 Å². The number of rotatable bonds is 4. The van der Waals surface area contributed by atoms with Crippen molar-refractivity contribution in [3.63, 3.8) is 0 Å². The second-order valence-electron chi connectivity index (χ2n) is 5.37. The predicted molar refractivity (Wildman–Crippen MR) is 75.4 cm³/mol. The summed E-state index contributed by atoms with van der Waals surface area (Å²) < 4.78 is 7.41. The Balaban J connectivity index is 1.57. The van der Waals surface area contributed by atoms with Gasteiger partial charge in [0.1, 0.15) is 0 Å². The van der Waals surface area contributed by atoms with Gasteiger partial charge in [-0.3, -0.25) is 9.48 Å².